The second-order valence-electron chi connectivity index (χ2n) is 3.64. The summed E-state index contributed by atoms with van der Waals surface area (Å²) in [6, 6.07) is 6.47. The largest absolute Gasteiger partial charge is 0.296 e. The van der Waals surface area contributed by atoms with Crippen molar-refractivity contribution in [3.63, 3.8) is 0 Å². The Kier molecular flexibility index (Phi) is 2.98. The molecule has 0 unspecified atom stereocenters. The molecule has 2 nitrogen and oxygen atoms in total. The standard InChI is InChI=1S/C11H12N2S2/c1-7-3-4-9(8(2)5-7)6-10-12-11(14)15-13-10/h3-5H,6H2,1-2H3,(H,12,13,14). The molecule has 0 aliphatic carbocycles. The summed E-state index contributed by atoms with van der Waals surface area (Å²) in [4.78, 5) is 4.25. The van der Waals surface area contributed by atoms with E-state index in [0.717, 1.165) is 12.2 Å². The second-order valence-corrected chi connectivity index (χ2v) is 5.08. The molecule has 0 atom stereocenters. The first-order chi connectivity index (χ1) is 7.15. The molecule has 0 radical (unpaired) electrons. The lowest BCUT2D eigenvalue weighted by molar-refractivity contribution is 1.02. The first-order valence-corrected chi connectivity index (χ1v) is 5.98. The highest BCUT2D eigenvalue weighted by molar-refractivity contribution is 7.73. The van der Waals surface area contributed by atoms with E-state index >= 15 is 0 Å². The number of hydrogen-bond acceptors (Lipinski definition) is 3. The summed E-state index contributed by atoms with van der Waals surface area (Å²) in [6.45, 7) is 4.23. The Balaban J connectivity index is 2.28. The lowest BCUT2D eigenvalue weighted by atomic mass is 10.0. The van der Waals surface area contributed by atoms with Crippen molar-refractivity contribution in [3.8, 4) is 0 Å². The van der Waals surface area contributed by atoms with Gasteiger partial charge in [-0.05, 0) is 48.7 Å². The number of hydrogen-bond donors (Lipinski definition) is 1. The summed E-state index contributed by atoms with van der Waals surface area (Å²) in [5, 5.41) is 0. The van der Waals surface area contributed by atoms with Gasteiger partial charge in [-0.1, -0.05) is 23.8 Å². The number of nitrogens with one attached hydrogen (secondary N) is 1. The van der Waals surface area contributed by atoms with Gasteiger partial charge in [0.2, 0.25) is 0 Å². The minimum atomic E-state index is 0.676. The van der Waals surface area contributed by atoms with Crippen molar-refractivity contribution in [2.24, 2.45) is 0 Å². The van der Waals surface area contributed by atoms with Gasteiger partial charge in [0.15, 0.2) is 3.95 Å². The highest BCUT2D eigenvalue weighted by Gasteiger charge is 2.02. The van der Waals surface area contributed by atoms with Crippen LogP contribution in [0.4, 0.5) is 0 Å². The number of aromatic nitrogens is 2. The topological polar surface area (TPSA) is 28.7 Å². The van der Waals surface area contributed by atoms with Crippen molar-refractivity contribution in [3.05, 3.63) is 44.7 Å². The van der Waals surface area contributed by atoms with E-state index in [9.17, 15) is 0 Å². The zero-order valence-corrected chi connectivity index (χ0v) is 10.3. The minimum absolute atomic E-state index is 0.676. The van der Waals surface area contributed by atoms with Gasteiger partial charge in [-0.25, -0.2) is 4.98 Å². The minimum Gasteiger partial charge on any atom is -0.296 e. The Morgan fingerprint density at radius 1 is 1.40 bits per heavy atom. The maximum Gasteiger partial charge on any atom is 0.198 e. The Labute approximate surface area is 98.2 Å². The van der Waals surface area contributed by atoms with Gasteiger partial charge in [-0.2, -0.15) is 0 Å². The van der Waals surface area contributed by atoms with Gasteiger partial charge in [0, 0.05) is 6.42 Å². The smallest absolute Gasteiger partial charge is 0.198 e. The fourth-order valence-electron chi connectivity index (χ4n) is 1.56. The van der Waals surface area contributed by atoms with E-state index in [1.807, 2.05) is 0 Å². The van der Waals surface area contributed by atoms with E-state index in [1.54, 1.807) is 0 Å². The molecule has 0 saturated heterocycles. The molecule has 4 heteroatoms. The van der Waals surface area contributed by atoms with Crippen LogP contribution in [0.1, 0.15) is 22.5 Å². The van der Waals surface area contributed by atoms with Crippen LogP contribution < -0.4 is 0 Å². The zero-order valence-electron chi connectivity index (χ0n) is 8.70. The monoisotopic (exact) mass is 236 g/mol. The van der Waals surface area contributed by atoms with Crippen molar-refractivity contribution in [1.82, 2.24) is 9.36 Å². The van der Waals surface area contributed by atoms with E-state index in [0.29, 0.717) is 3.95 Å². The molecular formula is C11H12N2S2. The predicted molar refractivity (Wildman–Crippen MR) is 66.0 cm³/mol. The average molecular weight is 236 g/mol. The van der Waals surface area contributed by atoms with Crippen LogP contribution in [0.3, 0.4) is 0 Å². The van der Waals surface area contributed by atoms with Crippen LogP contribution >= 0.6 is 23.8 Å². The molecule has 0 fully saturated rings. The first-order valence-electron chi connectivity index (χ1n) is 4.75. The van der Waals surface area contributed by atoms with Crippen molar-refractivity contribution in [2.45, 2.75) is 20.3 Å². The summed E-state index contributed by atoms with van der Waals surface area (Å²) in [6.07, 6.45) is 0.833. The molecule has 0 saturated carbocycles. The fraction of sp³-hybridized carbons (Fsp3) is 0.273. The first kappa shape index (κ1) is 10.5. The summed E-state index contributed by atoms with van der Waals surface area (Å²) in [5.41, 5.74) is 3.90. The molecule has 0 aliphatic rings. The molecule has 78 valence electrons. The van der Waals surface area contributed by atoms with E-state index in [2.05, 4.69) is 41.4 Å². The molecule has 15 heavy (non-hydrogen) atoms. The van der Waals surface area contributed by atoms with Crippen LogP contribution in [0.15, 0.2) is 18.2 Å². The quantitative estimate of drug-likeness (QED) is 0.809. The molecule has 1 aromatic carbocycles. The third kappa shape index (κ3) is 2.52. The Bertz CT molecular complexity index is 525. The van der Waals surface area contributed by atoms with Gasteiger partial charge in [-0.3, -0.25) is 4.37 Å². The average Bonchev–Trinajstić information content (AvgIpc) is 2.56. The van der Waals surface area contributed by atoms with Crippen molar-refractivity contribution in [1.29, 1.82) is 0 Å². The molecule has 0 aliphatic heterocycles. The normalized spacial score (nSPS) is 10.5. The third-order valence-corrected chi connectivity index (χ3v) is 3.28. The van der Waals surface area contributed by atoms with Gasteiger partial charge < -0.3 is 0 Å². The van der Waals surface area contributed by atoms with Gasteiger partial charge in [0.1, 0.15) is 5.82 Å². The van der Waals surface area contributed by atoms with Crippen LogP contribution in [0.2, 0.25) is 0 Å². The lowest BCUT2D eigenvalue weighted by Crippen LogP contribution is -1.94. The zero-order chi connectivity index (χ0) is 10.8. The number of benzene rings is 1. The molecule has 0 bridgehead atoms. The van der Waals surface area contributed by atoms with Gasteiger partial charge in [0.05, 0.1) is 0 Å². The van der Waals surface area contributed by atoms with Gasteiger partial charge in [-0.15, -0.1) is 0 Å². The highest BCUT2D eigenvalue weighted by Crippen LogP contribution is 2.14. The third-order valence-electron chi connectivity index (χ3n) is 2.34. The van der Waals surface area contributed by atoms with Crippen LogP contribution in [0.5, 0.6) is 0 Å². The molecule has 1 heterocycles. The number of aromatic amines is 1. The molecule has 2 rings (SSSR count). The molecule has 2 aromatic rings. The van der Waals surface area contributed by atoms with Crippen LogP contribution in [0, 0.1) is 17.8 Å². The van der Waals surface area contributed by atoms with Crippen LogP contribution in [-0.2, 0) is 6.42 Å². The number of aryl methyl sites for hydroxylation is 2. The van der Waals surface area contributed by atoms with E-state index < -0.39 is 0 Å². The molecule has 0 amide bonds. The second kappa shape index (κ2) is 4.24. The van der Waals surface area contributed by atoms with E-state index in [-0.39, 0.29) is 0 Å². The number of rotatable bonds is 2. The number of H-pyrrole nitrogens is 1. The number of nitrogens with zero attached hydrogens (tertiary/aromatic N) is 1. The van der Waals surface area contributed by atoms with Crippen molar-refractivity contribution in [2.75, 3.05) is 0 Å². The SMILES string of the molecule is Cc1ccc(Cc2nc(=S)s[nH]2)c(C)c1. The lowest BCUT2D eigenvalue weighted by Gasteiger charge is -2.04. The summed E-state index contributed by atoms with van der Waals surface area (Å²) in [7, 11) is 0. The highest BCUT2D eigenvalue weighted by atomic mass is 32.2. The Morgan fingerprint density at radius 3 is 2.80 bits per heavy atom. The fourth-order valence-corrected chi connectivity index (χ4v) is 2.27. The van der Waals surface area contributed by atoms with E-state index in [1.165, 1.54) is 28.2 Å². The van der Waals surface area contributed by atoms with Crippen molar-refractivity contribution < 1.29 is 0 Å². The van der Waals surface area contributed by atoms with Crippen LogP contribution in [-0.4, -0.2) is 9.36 Å². The van der Waals surface area contributed by atoms with Gasteiger partial charge in [0.25, 0.3) is 0 Å². The summed E-state index contributed by atoms with van der Waals surface area (Å²) in [5.74, 6) is 0.956. The molecule has 1 aromatic heterocycles. The van der Waals surface area contributed by atoms with Crippen molar-refractivity contribution >= 4 is 23.8 Å². The van der Waals surface area contributed by atoms with Crippen LogP contribution in [0.25, 0.3) is 0 Å². The maximum absolute atomic E-state index is 4.98. The molecule has 0 spiro atoms. The molecule has 1 N–H and O–H groups in total. The molecular weight excluding hydrogens is 224 g/mol. The predicted octanol–water partition coefficient (Wildman–Crippen LogP) is 3.41. The van der Waals surface area contributed by atoms with Gasteiger partial charge >= 0.3 is 0 Å². The maximum atomic E-state index is 4.98. The van der Waals surface area contributed by atoms with E-state index in [4.69, 9.17) is 12.2 Å². The Hall–Kier alpha value is -1.00. The summed E-state index contributed by atoms with van der Waals surface area (Å²) < 4.78 is 3.80. The summed E-state index contributed by atoms with van der Waals surface area (Å²) >= 11 is 6.39. The Morgan fingerprint density at radius 2 is 2.20 bits per heavy atom.